The van der Waals surface area contributed by atoms with Gasteiger partial charge in [-0.2, -0.15) is 0 Å². The topological polar surface area (TPSA) is 59.6 Å². The summed E-state index contributed by atoms with van der Waals surface area (Å²) in [6, 6.07) is 21.7. The van der Waals surface area contributed by atoms with E-state index < -0.39 is 0 Å². The third-order valence-electron chi connectivity index (χ3n) is 4.81. The molecule has 31 heavy (non-hydrogen) atoms. The van der Waals surface area contributed by atoms with E-state index in [2.05, 4.69) is 38.7 Å². The molecule has 5 nitrogen and oxygen atoms in total. The minimum Gasteiger partial charge on any atom is -0.493 e. The summed E-state index contributed by atoms with van der Waals surface area (Å²) in [6.45, 7) is 3.29. The van der Waals surface area contributed by atoms with Crippen LogP contribution in [0.2, 0.25) is 0 Å². The Morgan fingerprint density at radius 2 is 1.74 bits per heavy atom. The predicted molar refractivity (Wildman–Crippen MR) is 128 cm³/mol. The lowest BCUT2D eigenvalue weighted by Crippen LogP contribution is -2.22. The maximum Gasteiger partial charge on any atom is 0.262 e. The van der Waals surface area contributed by atoms with Gasteiger partial charge in [0.2, 0.25) is 0 Å². The molecule has 3 rings (SSSR count). The number of hydrogen-bond donors (Lipinski definition) is 2. The summed E-state index contributed by atoms with van der Waals surface area (Å²) in [6.07, 6.45) is 0.928. The third kappa shape index (κ3) is 6.84. The molecular weight excluding hydrogens is 456 g/mol. The van der Waals surface area contributed by atoms with Crippen molar-refractivity contribution in [1.29, 1.82) is 0 Å². The lowest BCUT2D eigenvalue weighted by Gasteiger charge is -2.17. The monoisotopic (exact) mass is 482 g/mol. The zero-order chi connectivity index (χ0) is 22.1. The summed E-state index contributed by atoms with van der Waals surface area (Å²) in [4.78, 5) is 12.4. The molecule has 0 saturated heterocycles. The Morgan fingerprint density at radius 1 is 1.00 bits per heavy atom. The van der Waals surface area contributed by atoms with Crippen LogP contribution in [-0.2, 0) is 17.8 Å². The van der Waals surface area contributed by atoms with Crippen molar-refractivity contribution >= 4 is 27.5 Å². The van der Waals surface area contributed by atoms with Crippen molar-refractivity contribution in [3.05, 3.63) is 87.9 Å². The normalized spacial score (nSPS) is 10.5. The molecule has 0 saturated carbocycles. The van der Waals surface area contributed by atoms with Crippen molar-refractivity contribution in [2.24, 2.45) is 0 Å². The van der Waals surface area contributed by atoms with E-state index in [1.165, 1.54) is 5.56 Å². The molecule has 1 amide bonds. The number of nitrogens with one attached hydrogen (secondary N) is 2. The van der Waals surface area contributed by atoms with Crippen LogP contribution in [0.4, 0.5) is 5.69 Å². The van der Waals surface area contributed by atoms with E-state index in [9.17, 15) is 4.79 Å². The molecule has 0 spiro atoms. The van der Waals surface area contributed by atoms with Gasteiger partial charge in [0.1, 0.15) is 0 Å². The molecule has 3 aromatic rings. The number of carbonyl (C=O) groups excluding carboxylic acids is 1. The second-order valence-corrected chi connectivity index (χ2v) is 8.03. The van der Waals surface area contributed by atoms with Crippen molar-refractivity contribution in [2.75, 3.05) is 25.6 Å². The molecule has 2 N–H and O–H groups in total. The molecule has 0 aromatic heterocycles. The van der Waals surface area contributed by atoms with Gasteiger partial charge >= 0.3 is 0 Å². The van der Waals surface area contributed by atoms with Crippen molar-refractivity contribution < 1.29 is 14.3 Å². The van der Waals surface area contributed by atoms with E-state index in [0.717, 1.165) is 34.3 Å². The average Bonchev–Trinajstić information content (AvgIpc) is 2.78. The number of rotatable bonds is 10. The standard InChI is InChI=1S/C25H27BrN2O3/c1-18-8-10-20(11-9-18)28-24(29)17-31-25-21(22(26)12-13-23(25)30-2)16-27-15-14-19-6-4-3-5-7-19/h3-13,27H,14-17H2,1-2H3,(H,28,29). The van der Waals surface area contributed by atoms with Gasteiger partial charge < -0.3 is 20.1 Å². The Labute approximate surface area is 191 Å². The number of halogens is 1. The molecule has 0 fully saturated rings. The van der Waals surface area contributed by atoms with Crippen LogP contribution in [0.15, 0.2) is 71.2 Å². The molecule has 3 aromatic carbocycles. The van der Waals surface area contributed by atoms with E-state index in [-0.39, 0.29) is 12.5 Å². The van der Waals surface area contributed by atoms with Gasteiger partial charge in [-0.1, -0.05) is 64.0 Å². The molecule has 162 valence electrons. The largest absolute Gasteiger partial charge is 0.493 e. The summed E-state index contributed by atoms with van der Waals surface area (Å²) < 4.78 is 12.3. The third-order valence-corrected chi connectivity index (χ3v) is 5.55. The molecule has 6 heteroatoms. The molecule has 0 aliphatic carbocycles. The highest BCUT2D eigenvalue weighted by molar-refractivity contribution is 9.10. The van der Waals surface area contributed by atoms with Gasteiger partial charge in [0.25, 0.3) is 5.91 Å². The minimum absolute atomic E-state index is 0.113. The first-order valence-corrected chi connectivity index (χ1v) is 11.0. The number of amides is 1. The lowest BCUT2D eigenvalue weighted by atomic mass is 10.1. The van der Waals surface area contributed by atoms with E-state index in [0.29, 0.717) is 18.0 Å². The van der Waals surface area contributed by atoms with Crippen LogP contribution >= 0.6 is 15.9 Å². The second-order valence-electron chi connectivity index (χ2n) is 7.17. The Balaban J connectivity index is 1.62. The first-order chi connectivity index (χ1) is 15.1. The van der Waals surface area contributed by atoms with Crippen molar-refractivity contribution in [3.8, 4) is 11.5 Å². The van der Waals surface area contributed by atoms with Crippen LogP contribution in [0.3, 0.4) is 0 Å². The fourth-order valence-corrected chi connectivity index (χ4v) is 3.58. The average molecular weight is 483 g/mol. The predicted octanol–water partition coefficient (Wildman–Crippen LogP) is 5.12. The number of anilines is 1. The Hall–Kier alpha value is -2.83. The van der Waals surface area contributed by atoms with Crippen molar-refractivity contribution in [3.63, 3.8) is 0 Å². The molecule has 0 bridgehead atoms. The number of methoxy groups -OCH3 is 1. The Bertz CT molecular complexity index is 992. The minimum atomic E-state index is -0.228. The summed E-state index contributed by atoms with van der Waals surface area (Å²) >= 11 is 3.60. The van der Waals surface area contributed by atoms with Crippen molar-refractivity contribution in [2.45, 2.75) is 19.9 Å². The van der Waals surface area contributed by atoms with Crippen LogP contribution in [0.1, 0.15) is 16.7 Å². The molecule has 0 aliphatic heterocycles. The Kier molecular flexibility index (Phi) is 8.50. The van der Waals surface area contributed by atoms with E-state index >= 15 is 0 Å². The van der Waals surface area contributed by atoms with Gasteiger partial charge in [0.05, 0.1) is 7.11 Å². The summed E-state index contributed by atoms with van der Waals surface area (Å²) in [5, 5.41) is 6.30. The van der Waals surface area contributed by atoms with E-state index in [4.69, 9.17) is 9.47 Å². The van der Waals surface area contributed by atoms with Crippen molar-refractivity contribution in [1.82, 2.24) is 5.32 Å². The quantitative estimate of drug-likeness (QED) is 0.394. The highest BCUT2D eigenvalue weighted by Gasteiger charge is 2.16. The first-order valence-electron chi connectivity index (χ1n) is 10.2. The Morgan fingerprint density at radius 3 is 2.45 bits per heavy atom. The van der Waals surface area contributed by atoms with E-state index in [1.807, 2.05) is 61.5 Å². The molecule has 0 heterocycles. The van der Waals surface area contributed by atoms with Gasteiger partial charge in [0, 0.05) is 22.3 Å². The number of aryl methyl sites for hydroxylation is 1. The van der Waals surface area contributed by atoms with Gasteiger partial charge in [-0.3, -0.25) is 4.79 Å². The molecular formula is C25H27BrN2O3. The molecule has 0 aliphatic rings. The number of carbonyl (C=O) groups is 1. The maximum atomic E-state index is 12.4. The number of hydrogen-bond acceptors (Lipinski definition) is 4. The van der Waals surface area contributed by atoms with Crippen LogP contribution in [0.5, 0.6) is 11.5 Å². The van der Waals surface area contributed by atoms with Crippen LogP contribution in [-0.4, -0.2) is 26.2 Å². The fourth-order valence-electron chi connectivity index (χ4n) is 3.13. The molecule has 0 unspecified atom stereocenters. The van der Waals surface area contributed by atoms with E-state index in [1.54, 1.807) is 7.11 Å². The summed E-state index contributed by atoms with van der Waals surface area (Å²) in [5.74, 6) is 0.920. The number of benzene rings is 3. The SMILES string of the molecule is COc1ccc(Br)c(CNCCc2ccccc2)c1OCC(=O)Nc1ccc(C)cc1. The smallest absolute Gasteiger partial charge is 0.262 e. The zero-order valence-corrected chi connectivity index (χ0v) is 19.4. The lowest BCUT2D eigenvalue weighted by molar-refractivity contribution is -0.118. The van der Waals surface area contributed by atoms with Crippen LogP contribution < -0.4 is 20.1 Å². The van der Waals surface area contributed by atoms with Crippen LogP contribution in [0.25, 0.3) is 0 Å². The fraction of sp³-hybridized carbons (Fsp3) is 0.240. The highest BCUT2D eigenvalue weighted by atomic mass is 79.9. The molecule has 0 radical (unpaired) electrons. The number of ether oxygens (including phenoxy) is 2. The summed E-state index contributed by atoms with van der Waals surface area (Å²) in [5.41, 5.74) is 4.07. The second kappa shape index (κ2) is 11.5. The van der Waals surface area contributed by atoms with Gasteiger partial charge in [0.15, 0.2) is 18.1 Å². The van der Waals surface area contributed by atoms with Gasteiger partial charge in [-0.25, -0.2) is 0 Å². The molecule has 0 atom stereocenters. The van der Waals surface area contributed by atoms with Gasteiger partial charge in [-0.05, 0) is 49.7 Å². The zero-order valence-electron chi connectivity index (χ0n) is 17.8. The van der Waals surface area contributed by atoms with Gasteiger partial charge in [-0.15, -0.1) is 0 Å². The highest BCUT2D eigenvalue weighted by Crippen LogP contribution is 2.36. The first kappa shape index (κ1) is 22.8. The maximum absolute atomic E-state index is 12.4. The van der Waals surface area contributed by atoms with Crippen LogP contribution in [0, 0.1) is 6.92 Å². The summed E-state index contributed by atoms with van der Waals surface area (Å²) in [7, 11) is 1.59.